The third-order valence-electron chi connectivity index (χ3n) is 2.51. The summed E-state index contributed by atoms with van der Waals surface area (Å²) >= 11 is 0. The van der Waals surface area contributed by atoms with Crippen LogP contribution in [-0.2, 0) is 0 Å². The van der Waals surface area contributed by atoms with Crippen LogP contribution < -0.4 is 5.32 Å². The molecule has 0 saturated heterocycles. The molecule has 0 fully saturated rings. The summed E-state index contributed by atoms with van der Waals surface area (Å²) in [5.74, 6) is 0.563. The quantitative estimate of drug-likeness (QED) is 0.722. The summed E-state index contributed by atoms with van der Waals surface area (Å²) in [6.07, 6.45) is 6.78. The molecule has 1 aromatic heterocycles. The first kappa shape index (κ1) is 12.0. The minimum absolute atomic E-state index is 0.280. The van der Waals surface area contributed by atoms with Crippen LogP contribution in [0.4, 0.5) is 5.69 Å². The molecule has 0 aliphatic carbocycles. The van der Waals surface area contributed by atoms with Gasteiger partial charge in [0.15, 0.2) is 0 Å². The number of aliphatic hydroxyl groups excluding tert-OH is 1. The third kappa shape index (κ3) is 4.79. The molecule has 0 bridgehead atoms. The third-order valence-corrected chi connectivity index (χ3v) is 2.51. The number of nitrogens with zero attached hydrogens (tertiary/aromatic N) is 1. The normalized spacial score (nSPS) is 12.4. The maximum Gasteiger partial charge on any atom is 0.0434 e. The molecule has 3 nitrogen and oxygen atoms in total. The molecule has 1 atom stereocenters. The van der Waals surface area contributed by atoms with Gasteiger partial charge in [-0.05, 0) is 30.9 Å². The summed E-state index contributed by atoms with van der Waals surface area (Å²) in [6.45, 7) is 3.39. The second-order valence-corrected chi connectivity index (χ2v) is 3.78. The molecule has 0 spiro atoms. The minimum atomic E-state index is 0.280. The number of aromatic nitrogens is 1. The van der Waals surface area contributed by atoms with E-state index in [2.05, 4.69) is 17.2 Å². The van der Waals surface area contributed by atoms with Crippen molar-refractivity contribution in [3.63, 3.8) is 0 Å². The van der Waals surface area contributed by atoms with Crippen LogP contribution in [0, 0.1) is 5.92 Å². The molecule has 0 amide bonds. The van der Waals surface area contributed by atoms with Gasteiger partial charge in [-0.1, -0.05) is 13.3 Å². The molecule has 84 valence electrons. The Labute approximate surface area is 91.5 Å². The van der Waals surface area contributed by atoms with Crippen LogP contribution in [0.3, 0.4) is 0 Å². The van der Waals surface area contributed by atoms with E-state index in [0.29, 0.717) is 5.92 Å². The van der Waals surface area contributed by atoms with Crippen molar-refractivity contribution in [3.8, 4) is 0 Å². The molecule has 1 rings (SSSR count). The summed E-state index contributed by atoms with van der Waals surface area (Å²) in [4.78, 5) is 3.97. The number of pyridine rings is 1. The lowest BCUT2D eigenvalue weighted by Crippen LogP contribution is -2.15. The van der Waals surface area contributed by atoms with E-state index < -0.39 is 0 Å². The van der Waals surface area contributed by atoms with Gasteiger partial charge in [-0.15, -0.1) is 0 Å². The van der Waals surface area contributed by atoms with Gasteiger partial charge < -0.3 is 10.4 Å². The maximum absolute atomic E-state index is 8.92. The largest absolute Gasteiger partial charge is 0.396 e. The molecule has 2 N–H and O–H groups in total. The summed E-state index contributed by atoms with van der Waals surface area (Å²) in [6, 6.07) is 3.92. The fourth-order valence-corrected chi connectivity index (χ4v) is 1.67. The van der Waals surface area contributed by atoms with Crippen LogP contribution in [0.2, 0.25) is 0 Å². The smallest absolute Gasteiger partial charge is 0.0434 e. The van der Waals surface area contributed by atoms with E-state index in [9.17, 15) is 0 Å². The van der Waals surface area contributed by atoms with Gasteiger partial charge in [0.2, 0.25) is 0 Å². The standard InChI is InChI=1S/C12H20N2O/c1-2-3-11(6-9-15)10-14-12-4-7-13-8-5-12/h4-5,7-8,11,15H,2-3,6,9-10H2,1H3,(H,13,14). The highest BCUT2D eigenvalue weighted by Gasteiger charge is 2.06. The van der Waals surface area contributed by atoms with Gasteiger partial charge in [0.25, 0.3) is 0 Å². The molecule has 0 aliphatic rings. The topological polar surface area (TPSA) is 45.1 Å². The van der Waals surface area contributed by atoms with E-state index in [0.717, 1.165) is 18.7 Å². The zero-order chi connectivity index (χ0) is 10.9. The van der Waals surface area contributed by atoms with Crippen molar-refractivity contribution in [1.29, 1.82) is 0 Å². The van der Waals surface area contributed by atoms with Gasteiger partial charge in [0.1, 0.15) is 0 Å². The Morgan fingerprint density at radius 3 is 2.67 bits per heavy atom. The Kier molecular flexibility index (Phi) is 5.78. The van der Waals surface area contributed by atoms with Crippen molar-refractivity contribution in [1.82, 2.24) is 4.98 Å². The zero-order valence-electron chi connectivity index (χ0n) is 9.32. The van der Waals surface area contributed by atoms with E-state index in [1.165, 1.54) is 12.8 Å². The highest BCUT2D eigenvalue weighted by Crippen LogP contribution is 2.12. The lowest BCUT2D eigenvalue weighted by atomic mass is 10.0. The van der Waals surface area contributed by atoms with Crippen LogP contribution in [0.25, 0.3) is 0 Å². The highest BCUT2D eigenvalue weighted by molar-refractivity contribution is 5.40. The van der Waals surface area contributed by atoms with Crippen molar-refractivity contribution >= 4 is 5.69 Å². The van der Waals surface area contributed by atoms with Crippen LogP contribution >= 0.6 is 0 Å². The van der Waals surface area contributed by atoms with Crippen LogP contribution in [-0.4, -0.2) is 23.2 Å². The summed E-state index contributed by atoms with van der Waals surface area (Å²) in [7, 11) is 0. The lowest BCUT2D eigenvalue weighted by molar-refractivity contribution is 0.255. The molecule has 0 saturated carbocycles. The Balaban J connectivity index is 2.33. The maximum atomic E-state index is 8.92. The Morgan fingerprint density at radius 2 is 2.07 bits per heavy atom. The van der Waals surface area contributed by atoms with Crippen molar-refractivity contribution in [2.45, 2.75) is 26.2 Å². The van der Waals surface area contributed by atoms with Crippen LogP contribution in [0.15, 0.2) is 24.5 Å². The Bertz CT molecular complexity index is 245. The first-order valence-corrected chi connectivity index (χ1v) is 5.61. The summed E-state index contributed by atoms with van der Waals surface area (Å²) in [5, 5.41) is 12.3. The van der Waals surface area contributed by atoms with Crippen molar-refractivity contribution in [2.75, 3.05) is 18.5 Å². The molecule has 1 heterocycles. The van der Waals surface area contributed by atoms with E-state index in [4.69, 9.17) is 5.11 Å². The molecule has 0 aliphatic heterocycles. The first-order chi connectivity index (χ1) is 7.36. The molecule has 0 aromatic carbocycles. The van der Waals surface area contributed by atoms with E-state index in [1.54, 1.807) is 12.4 Å². The first-order valence-electron chi connectivity index (χ1n) is 5.61. The average Bonchev–Trinajstić information content (AvgIpc) is 2.28. The van der Waals surface area contributed by atoms with Gasteiger partial charge in [-0.2, -0.15) is 0 Å². The molecule has 1 unspecified atom stereocenters. The SMILES string of the molecule is CCCC(CCO)CNc1ccncc1. The number of anilines is 1. The fourth-order valence-electron chi connectivity index (χ4n) is 1.67. The van der Waals surface area contributed by atoms with E-state index in [-0.39, 0.29) is 6.61 Å². The van der Waals surface area contributed by atoms with Gasteiger partial charge in [-0.25, -0.2) is 0 Å². The lowest BCUT2D eigenvalue weighted by Gasteiger charge is -2.16. The monoisotopic (exact) mass is 208 g/mol. The molecular weight excluding hydrogens is 188 g/mol. The number of rotatable bonds is 7. The summed E-state index contributed by atoms with van der Waals surface area (Å²) < 4.78 is 0. The van der Waals surface area contributed by atoms with Crippen LogP contribution in [0.1, 0.15) is 26.2 Å². The fraction of sp³-hybridized carbons (Fsp3) is 0.583. The average molecular weight is 208 g/mol. The van der Waals surface area contributed by atoms with Gasteiger partial charge in [0, 0.05) is 31.2 Å². The Morgan fingerprint density at radius 1 is 1.33 bits per heavy atom. The minimum Gasteiger partial charge on any atom is -0.396 e. The molecule has 3 heteroatoms. The second-order valence-electron chi connectivity index (χ2n) is 3.78. The molecule has 0 radical (unpaired) electrons. The number of nitrogens with one attached hydrogen (secondary N) is 1. The van der Waals surface area contributed by atoms with Crippen molar-refractivity contribution in [3.05, 3.63) is 24.5 Å². The molecule has 1 aromatic rings. The molecule has 15 heavy (non-hydrogen) atoms. The van der Waals surface area contributed by atoms with Gasteiger partial charge in [-0.3, -0.25) is 4.98 Å². The van der Waals surface area contributed by atoms with Gasteiger partial charge in [0.05, 0.1) is 0 Å². The van der Waals surface area contributed by atoms with Crippen LogP contribution in [0.5, 0.6) is 0 Å². The number of hydrogen-bond acceptors (Lipinski definition) is 3. The summed E-state index contributed by atoms with van der Waals surface area (Å²) in [5.41, 5.74) is 1.10. The second kappa shape index (κ2) is 7.23. The molecular formula is C12H20N2O. The van der Waals surface area contributed by atoms with Crippen molar-refractivity contribution < 1.29 is 5.11 Å². The highest BCUT2D eigenvalue weighted by atomic mass is 16.3. The van der Waals surface area contributed by atoms with E-state index in [1.807, 2.05) is 12.1 Å². The van der Waals surface area contributed by atoms with Gasteiger partial charge >= 0.3 is 0 Å². The van der Waals surface area contributed by atoms with Crippen molar-refractivity contribution in [2.24, 2.45) is 5.92 Å². The van der Waals surface area contributed by atoms with E-state index >= 15 is 0 Å². The Hall–Kier alpha value is -1.09. The zero-order valence-corrected chi connectivity index (χ0v) is 9.32. The number of hydrogen-bond donors (Lipinski definition) is 2. The predicted octanol–water partition coefficient (Wildman–Crippen LogP) is 2.29. The number of aliphatic hydroxyl groups is 1. The predicted molar refractivity (Wildman–Crippen MR) is 62.8 cm³/mol.